The summed E-state index contributed by atoms with van der Waals surface area (Å²) in [6, 6.07) is 1.27. The largest absolute Gasteiger partial charge is 0.336 e. The molecule has 5 nitrogen and oxygen atoms in total. The molecule has 0 radical (unpaired) electrons. The molecule has 26 heavy (non-hydrogen) atoms. The Bertz CT molecular complexity index is 705. The fourth-order valence-electron chi connectivity index (χ4n) is 6.11. The summed E-state index contributed by atoms with van der Waals surface area (Å²) in [5, 5.41) is 4.62. The maximum Gasteiger partial charge on any atom is 0.272 e. The van der Waals surface area contributed by atoms with Crippen LogP contribution in [-0.2, 0) is 19.9 Å². The summed E-state index contributed by atoms with van der Waals surface area (Å²) >= 11 is 0. The Balaban J connectivity index is 1.32. The van der Waals surface area contributed by atoms with Crippen molar-refractivity contribution in [3.63, 3.8) is 0 Å². The van der Waals surface area contributed by atoms with Gasteiger partial charge in [0.15, 0.2) is 0 Å². The van der Waals surface area contributed by atoms with Crippen LogP contribution in [0.4, 0.5) is 0 Å². The Morgan fingerprint density at radius 3 is 2.77 bits per heavy atom. The van der Waals surface area contributed by atoms with E-state index < -0.39 is 0 Å². The summed E-state index contributed by atoms with van der Waals surface area (Å²) in [6.45, 7) is 5.47. The number of likely N-dealkylation sites (tertiary alicyclic amines) is 1. The molecule has 1 saturated carbocycles. The molecule has 0 spiro atoms. The number of fused-ring (bicyclic) bond motifs is 3. The van der Waals surface area contributed by atoms with E-state index in [-0.39, 0.29) is 5.91 Å². The van der Waals surface area contributed by atoms with Crippen LogP contribution in [-0.4, -0.2) is 57.2 Å². The fraction of sp³-hybridized carbons (Fsp3) is 0.810. The third kappa shape index (κ3) is 2.70. The fourth-order valence-corrected chi connectivity index (χ4v) is 6.11. The Morgan fingerprint density at radius 2 is 1.96 bits per heavy atom. The van der Waals surface area contributed by atoms with Crippen molar-refractivity contribution in [2.75, 3.05) is 19.6 Å². The number of hydrogen-bond acceptors (Lipinski definition) is 3. The molecule has 2 unspecified atom stereocenters. The summed E-state index contributed by atoms with van der Waals surface area (Å²) in [7, 11) is 1.94. The molecule has 2 aliphatic carbocycles. The van der Waals surface area contributed by atoms with Gasteiger partial charge in [0.2, 0.25) is 0 Å². The lowest BCUT2D eigenvalue weighted by molar-refractivity contribution is 0.0703. The number of carbonyl (C=O) groups is 1. The number of carbonyl (C=O) groups excluding carboxylic acids is 1. The predicted molar refractivity (Wildman–Crippen MR) is 101 cm³/mol. The molecule has 2 aliphatic heterocycles. The molecule has 1 amide bonds. The van der Waals surface area contributed by atoms with E-state index in [4.69, 9.17) is 0 Å². The van der Waals surface area contributed by atoms with Crippen LogP contribution >= 0.6 is 0 Å². The van der Waals surface area contributed by atoms with Gasteiger partial charge < -0.3 is 4.90 Å². The van der Waals surface area contributed by atoms with E-state index in [1.54, 1.807) is 0 Å². The van der Waals surface area contributed by atoms with Gasteiger partial charge in [0, 0.05) is 44.3 Å². The van der Waals surface area contributed by atoms with Gasteiger partial charge in [0.1, 0.15) is 5.69 Å². The monoisotopic (exact) mass is 356 g/mol. The third-order valence-electron chi connectivity index (χ3n) is 7.43. The molecule has 2 saturated heterocycles. The Hall–Kier alpha value is -1.36. The third-order valence-corrected chi connectivity index (χ3v) is 7.43. The first-order valence-corrected chi connectivity index (χ1v) is 10.7. The molecule has 2 atom stereocenters. The van der Waals surface area contributed by atoms with Crippen molar-refractivity contribution >= 4 is 5.91 Å². The van der Waals surface area contributed by atoms with Crippen LogP contribution in [0.15, 0.2) is 0 Å². The second-order valence-electron chi connectivity index (χ2n) is 9.32. The minimum Gasteiger partial charge on any atom is -0.336 e. The zero-order chi connectivity index (χ0) is 17.8. The molecule has 5 rings (SSSR count). The Morgan fingerprint density at radius 1 is 1.15 bits per heavy atom. The standard InChI is InChI=1S/C21H32N4O/c1-14-10-15(11-14)12-25-16-6-7-17(25)13-24(9-8-16)21(26)20-18-4-3-5-19(18)22-23(20)2/h14-17H,3-13H2,1-2H3. The van der Waals surface area contributed by atoms with E-state index in [9.17, 15) is 4.79 Å². The highest BCUT2D eigenvalue weighted by Gasteiger charge is 2.41. The summed E-state index contributed by atoms with van der Waals surface area (Å²) in [5.74, 6) is 2.05. The van der Waals surface area contributed by atoms with Crippen LogP contribution in [0.1, 0.15) is 67.2 Å². The van der Waals surface area contributed by atoms with Crippen molar-refractivity contribution in [2.45, 2.75) is 70.4 Å². The number of rotatable bonds is 3. The molecule has 0 N–H and O–H groups in total. The van der Waals surface area contributed by atoms with Crippen molar-refractivity contribution in [1.29, 1.82) is 0 Å². The van der Waals surface area contributed by atoms with Gasteiger partial charge in [-0.15, -0.1) is 0 Å². The van der Waals surface area contributed by atoms with E-state index in [2.05, 4.69) is 21.8 Å². The van der Waals surface area contributed by atoms with Crippen LogP contribution < -0.4 is 0 Å². The van der Waals surface area contributed by atoms with E-state index in [1.807, 2.05) is 11.7 Å². The first kappa shape index (κ1) is 16.8. The second kappa shape index (κ2) is 6.36. The van der Waals surface area contributed by atoms with Crippen LogP contribution in [0.5, 0.6) is 0 Å². The average Bonchev–Trinajstić information content (AvgIpc) is 3.19. The topological polar surface area (TPSA) is 41.4 Å². The maximum atomic E-state index is 13.4. The SMILES string of the molecule is CC1CC(CN2C3CCC2CN(C(=O)c2c4c(nn2C)CCC4)CC3)C1. The van der Waals surface area contributed by atoms with Gasteiger partial charge >= 0.3 is 0 Å². The molecule has 2 bridgehead atoms. The van der Waals surface area contributed by atoms with Crippen LogP contribution in [0, 0.1) is 11.8 Å². The van der Waals surface area contributed by atoms with Gasteiger partial charge in [0.05, 0.1) is 5.69 Å². The molecular formula is C21H32N4O. The zero-order valence-corrected chi connectivity index (χ0v) is 16.3. The van der Waals surface area contributed by atoms with Crippen molar-refractivity contribution in [1.82, 2.24) is 19.6 Å². The zero-order valence-electron chi connectivity index (χ0n) is 16.3. The molecule has 3 heterocycles. The first-order valence-electron chi connectivity index (χ1n) is 10.7. The highest BCUT2D eigenvalue weighted by atomic mass is 16.2. The minimum atomic E-state index is 0.230. The number of aryl methyl sites for hydroxylation is 2. The summed E-state index contributed by atoms with van der Waals surface area (Å²) in [4.78, 5) is 18.3. The first-order chi connectivity index (χ1) is 12.6. The Kier molecular flexibility index (Phi) is 4.11. The van der Waals surface area contributed by atoms with Crippen molar-refractivity contribution in [2.24, 2.45) is 18.9 Å². The lowest BCUT2D eigenvalue weighted by Crippen LogP contribution is -2.45. The number of aromatic nitrogens is 2. The van der Waals surface area contributed by atoms with Crippen LogP contribution in [0.25, 0.3) is 0 Å². The van der Waals surface area contributed by atoms with Crippen LogP contribution in [0.2, 0.25) is 0 Å². The van der Waals surface area contributed by atoms with Gasteiger partial charge in [-0.05, 0) is 63.2 Å². The smallest absolute Gasteiger partial charge is 0.272 e. The second-order valence-corrected chi connectivity index (χ2v) is 9.32. The highest BCUT2D eigenvalue weighted by Crippen LogP contribution is 2.38. The quantitative estimate of drug-likeness (QED) is 0.836. The van der Waals surface area contributed by atoms with Gasteiger partial charge in [-0.1, -0.05) is 6.92 Å². The molecular weight excluding hydrogens is 324 g/mol. The number of hydrogen-bond donors (Lipinski definition) is 0. The molecule has 1 aromatic heterocycles. The van der Waals surface area contributed by atoms with Crippen molar-refractivity contribution in [3.05, 3.63) is 17.0 Å². The molecule has 4 aliphatic rings. The molecule has 142 valence electrons. The van der Waals surface area contributed by atoms with E-state index in [0.717, 1.165) is 62.0 Å². The highest BCUT2D eigenvalue weighted by molar-refractivity contribution is 5.94. The van der Waals surface area contributed by atoms with Crippen molar-refractivity contribution in [3.8, 4) is 0 Å². The minimum absolute atomic E-state index is 0.230. The summed E-state index contributed by atoms with van der Waals surface area (Å²) in [6.07, 6.45) is 9.75. The summed E-state index contributed by atoms with van der Waals surface area (Å²) < 4.78 is 1.85. The molecule has 1 aromatic rings. The van der Waals surface area contributed by atoms with E-state index >= 15 is 0 Å². The maximum absolute atomic E-state index is 13.4. The van der Waals surface area contributed by atoms with Crippen LogP contribution in [0.3, 0.4) is 0 Å². The van der Waals surface area contributed by atoms with Gasteiger partial charge in [-0.2, -0.15) is 5.10 Å². The van der Waals surface area contributed by atoms with Gasteiger partial charge in [0.25, 0.3) is 5.91 Å². The average molecular weight is 357 g/mol. The molecule has 0 aromatic carbocycles. The number of nitrogens with zero attached hydrogens (tertiary/aromatic N) is 4. The van der Waals surface area contributed by atoms with Crippen molar-refractivity contribution < 1.29 is 4.79 Å². The normalized spacial score (nSPS) is 33.8. The number of amides is 1. The lowest BCUT2D eigenvalue weighted by Gasteiger charge is -2.39. The molecule has 5 heteroatoms. The van der Waals surface area contributed by atoms with E-state index in [0.29, 0.717) is 12.1 Å². The lowest BCUT2D eigenvalue weighted by atomic mass is 9.76. The molecule has 3 fully saturated rings. The predicted octanol–water partition coefficient (Wildman–Crippen LogP) is 2.63. The van der Waals surface area contributed by atoms with Gasteiger partial charge in [-0.3, -0.25) is 14.4 Å². The summed E-state index contributed by atoms with van der Waals surface area (Å²) in [5.41, 5.74) is 3.26. The van der Waals surface area contributed by atoms with E-state index in [1.165, 1.54) is 37.8 Å². The Labute approximate surface area is 156 Å². The van der Waals surface area contributed by atoms with Gasteiger partial charge in [-0.25, -0.2) is 0 Å².